The molecule has 0 unspecified atom stereocenters. The van der Waals surface area contributed by atoms with Crippen molar-refractivity contribution in [2.45, 2.75) is 6.92 Å². The van der Waals surface area contributed by atoms with Gasteiger partial charge in [0.15, 0.2) is 5.82 Å². The minimum Gasteiger partial charge on any atom is -0.233 e. The van der Waals surface area contributed by atoms with Crippen molar-refractivity contribution in [3.8, 4) is 16.9 Å². The van der Waals surface area contributed by atoms with Gasteiger partial charge in [-0.3, -0.25) is 0 Å². The highest BCUT2D eigenvalue weighted by atomic mass is 19.1. The molecule has 0 atom stereocenters. The van der Waals surface area contributed by atoms with Crippen LogP contribution in [0.2, 0.25) is 0 Å². The van der Waals surface area contributed by atoms with E-state index in [1.165, 1.54) is 18.5 Å². The molecule has 5 nitrogen and oxygen atoms in total. The van der Waals surface area contributed by atoms with Crippen molar-refractivity contribution in [3.05, 3.63) is 66.8 Å². The summed E-state index contributed by atoms with van der Waals surface area (Å²) in [6.07, 6.45) is 3.07. The van der Waals surface area contributed by atoms with Gasteiger partial charge in [-0.25, -0.2) is 24.0 Å². The number of nitrogens with zero attached hydrogens (tertiary/aromatic N) is 5. The number of hydrogen-bond donors (Lipinski definition) is 0. The van der Waals surface area contributed by atoms with Crippen molar-refractivity contribution in [1.29, 1.82) is 0 Å². The van der Waals surface area contributed by atoms with Crippen LogP contribution in [0.15, 0.2) is 55.1 Å². The number of hydrogen-bond acceptors (Lipinski definition) is 4. The second kappa shape index (κ2) is 5.24. The molecule has 0 saturated heterocycles. The zero-order valence-electron chi connectivity index (χ0n) is 12.3. The first-order chi connectivity index (χ1) is 11.2. The highest BCUT2D eigenvalue weighted by Crippen LogP contribution is 2.26. The fourth-order valence-corrected chi connectivity index (χ4v) is 2.54. The minimum absolute atomic E-state index is 0.253. The monoisotopic (exact) mass is 305 g/mol. The van der Waals surface area contributed by atoms with Gasteiger partial charge in [0, 0.05) is 5.39 Å². The molecule has 4 aromatic rings. The summed E-state index contributed by atoms with van der Waals surface area (Å²) in [5.41, 5.74) is 2.72. The van der Waals surface area contributed by atoms with Gasteiger partial charge in [-0.2, -0.15) is 5.10 Å². The molecule has 0 radical (unpaired) electrons. The van der Waals surface area contributed by atoms with Crippen LogP contribution in [0.25, 0.3) is 27.8 Å². The minimum atomic E-state index is -0.253. The molecule has 0 amide bonds. The highest BCUT2D eigenvalue weighted by molar-refractivity contribution is 5.89. The number of aromatic nitrogens is 5. The molecule has 2 aromatic carbocycles. The van der Waals surface area contributed by atoms with Crippen molar-refractivity contribution < 1.29 is 4.39 Å². The van der Waals surface area contributed by atoms with Gasteiger partial charge in [0.25, 0.3) is 0 Å². The van der Waals surface area contributed by atoms with Crippen molar-refractivity contribution in [3.63, 3.8) is 0 Å². The van der Waals surface area contributed by atoms with Gasteiger partial charge in [0.2, 0.25) is 0 Å². The Labute approximate surface area is 131 Å². The van der Waals surface area contributed by atoms with E-state index >= 15 is 0 Å². The molecule has 0 N–H and O–H groups in total. The van der Waals surface area contributed by atoms with Crippen LogP contribution in [0, 0.1) is 12.7 Å². The topological polar surface area (TPSA) is 56.5 Å². The molecule has 4 rings (SSSR count). The largest absolute Gasteiger partial charge is 0.233 e. The summed E-state index contributed by atoms with van der Waals surface area (Å²) in [7, 11) is 0. The molecular formula is C17H12FN5. The van der Waals surface area contributed by atoms with E-state index in [9.17, 15) is 4.39 Å². The van der Waals surface area contributed by atoms with Gasteiger partial charge in [-0.1, -0.05) is 18.2 Å². The lowest BCUT2D eigenvalue weighted by molar-refractivity contribution is 0.628. The molecule has 6 heteroatoms. The maximum atomic E-state index is 13.1. The summed E-state index contributed by atoms with van der Waals surface area (Å²) in [5, 5.41) is 5.02. The van der Waals surface area contributed by atoms with Crippen LogP contribution in [0.4, 0.5) is 4.39 Å². The van der Waals surface area contributed by atoms with Gasteiger partial charge in [0.1, 0.15) is 24.3 Å². The van der Waals surface area contributed by atoms with Crippen molar-refractivity contribution >= 4 is 10.9 Å². The summed E-state index contributed by atoms with van der Waals surface area (Å²) in [6.45, 7) is 1.84. The second-order valence-electron chi connectivity index (χ2n) is 5.17. The Bertz CT molecular complexity index is 978. The summed E-state index contributed by atoms with van der Waals surface area (Å²) >= 11 is 0. The van der Waals surface area contributed by atoms with E-state index in [4.69, 9.17) is 0 Å². The fraction of sp³-hybridized carbons (Fsp3) is 0.0588. The number of benzene rings is 2. The first-order valence-electron chi connectivity index (χ1n) is 7.10. The third-order valence-electron chi connectivity index (χ3n) is 3.60. The predicted octanol–water partition coefficient (Wildman–Crippen LogP) is 3.33. The Morgan fingerprint density at radius 3 is 2.48 bits per heavy atom. The maximum absolute atomic E-state index is 13.1. The van der Waals surface area contributed by atoms with Crippen molar-refractivity contribution in [2.24, 2.45) is 0 Å². The van der Waals surface area contributed by atoms with Gasteiger partial charge >= 0.3 is 0 Å². The van der Waals surface area contributed by atoms with Crippen LogP contribution >= 0.6 is 0 Å². The van der Waals surface area contributed by atoms with Gasteiger partial charge in [-0.05, 0) is 42.3 Å². The Hall–Kier alpha value is -3.15. The lowest BCUT2D eigenvalue weighted by atomic mass is 10.0. The molecule has 0 aliphatic rings. The summed E-state index contributed by atoms with van der Waals surface area (Å²) < 4.78 is 14.7. The summed E-state index contributed by atoms with van der Waals surface area (Å²) in [6, 6.07) is 12.3. The number of aryl methyl sites for hydroxylation is 1. The molecule has 0 spiro atoms. The van der Waals surface area contributed by atoms with Crippen LogP contribution in [0.1, 0.15) is 5.82 Å². The van der Waals surface area contributed by atoms with E-state index < -0.39 is 0 Å². The van der Waals surface area contributed by atoms with E-state index in [1.54, 1.807) is 23.1 Å². The quantitative estimate of drug-likeness (QED) is 0.570. The zero-order chi connectivity index (χ0) is 15.8. The van der Waals surface area contributed by atoms with Crippen LogP contribution in [-0.4, -0.2) is 24.7 Å². The number of halogens is 1. The van der Waals surface area contributed by atoms with Crippen LogP contribution < -0.4 is 0 Å². The highest BCUT2D eigenvalue weighted by Gasteiger charge is 2.10. The molecule has 23 heavy (non-hydrogen) atoms. The van der Waals surface area contributed by atoms with Gasteiger partial charge in [0.05, 0.1) is 5.52 Å². The van der Waals surface area contributed by atoms with Crippen LogP contribution in [0.3, 0.4) is 0 Å². The van der Waals surface area contributed by atoms with Crippen LogP contribution in [-0.2, 0) is 0 Å². The van der Waals surface area contributed by atoms with E-state index in [1.807, 2.05) is 25.1 Å². The lowest BCUT2D eigenvalue weighted by Crippen LogP contribution is -2.02. The zero-order valence-corrected chi connectivity index (χ0v) is 12.3. The Morgan fingerprint density at radius 1 is 0.957 bits per heavy atom. The van der Waals surface area contributed by atoms with Crippen molar-refractivity contribution in [2.75, 3.05) is 0 Å². The third kappa shape index (κ3) is 2.44. The molecular weight excluding hydrogens is 293 g/mol. The van der Waals surface area contributed by atoms with E-state index in [2.05, 4.69) is 20.1 Å². The second-order valence-corrected chi connectivity index (χ2v) is 5.17. The molecule has 0 aliphatic carbocycles. The Morgan fingerprint density at radius 2 is 1.74 bits per heavy atom. The third-order valence-corrected chi connectivity index (χ3v) is 3.60. The standard InChI is InChI=1S/C17H12FN5/c1-11-21-16-7-4-13(12-2-5-14(18)6-3-12)8-15(16)17(22-11)23-10-19-9-20-23/h2-10H,1H3. The Kier molecular flexibility index (Phi) is 3.08. The first kappa shape index (κ1) is 13.5. The molecule has 0 bridgehead atoms. The first-order valence-corrected chi connectivity index (χ1v) is 7.10. The number of fused-ring (bicyclic) bond motifs is 1. The van der Waals surface area contributed by atoms with Crippen molar-refractivity contribution in [1.82, 2.24) is 24.7 Å². The van der Waals surface area contributed by atoms with E-state index in [0.717, 1.165) is 22.0 Å². The molecule has 2 heterocycles. The molecule has 112 valence electrons. The molecule has 0 aliphatic heterocycles. The molecule has 0 fully saturated rings. The summed E-state index contributed by atoms with van der Waals surface area (Å²) in [5.74, 6) is 1.09. The maximum Gasteiger partial charge on any atom is 0.166 e. The van der Waals surface area contributed by atoms with E-state index in [0.29, 0.717) is 11.6 Å². The van der Waals surface area contributed by atoms with Gasteiger partial charge in [-0.15, -0.1) is 0 Å². The lowest BCUT2D eigenvalue weighted by Gasteiger charge is -2.09. The number of rotatable bonds is 2. The average molecular weight is 305 g/mol. The normalized spacial score (nSPS) is 11.0. The fourth-order valence-electron chi connectivity index (χ4n) is 2.54. The smallest absolute Gasteiger partial charge is 0.166 e. The molecule has 2 aromatic heterocycles. The Balaban J connectivity index is 1.95. The predicted molar refractivity (Wildman–Crippen MR) is 84.6 cm³/mol. The van der Waals surface area contributed by atoms with E-state index in [-0.39, 0.29) is 5.82 Å². The SMILES string of the molecule is Cc1nc(-n2cncn2)c2cc(-c3ccc(F)cc3)ccc2n1. The average Bonchev–Trinajstić information content (AvgIpc) is 3.09. The summed E-state index contributed by atoms with van der Waals surface area (Å²) in [4.78, 5) is 12.9. The van der Waals surface area contributed by atoms with Crippen LogP contribution in [0.5, 0.6) is 0 Å². The molecule has 0 saturated carbocycles. The van der Waals surface area contributed by atoms with Gasteiger partial charge < -0.3 is 0 Å².